The maximum atomic E-state index is 10.1. The van der Waals surface area contributed by atoms with Crippen molar-refractivity contribution in [3.05, 3.63) is 46.6 Å². The zero-order valence-electron chi connectivity index (χ0n) is 34.1. The van der Waals surface area contributed by atoms with E-state index in [1.807, 2.05) is 0 Å². The van der Waals surface area contributed by atoms with E-state index in [4.69, 9.17) is 40.9 Å². The number of carboxylic acid groups (broad SMARTS) is 8. The van der Waals surface area contributed by atoms with Crippen LogP contribution in [0.25, 0.3) is 0 Å². The van der Waals surface area contributed by atoms with Crippen LogP contribution in [0.2, 0.25) is 17.7 Å². The molecule has 0 unspecified atom stereocenters. The molecule has 0 aliphatic heterocycles. The molecule has 0 saturated heterocycles. The second-order valence-corrected chi connectivity index (χ2v) is 19.8. The predicted octanol–water partition coefficient (Wildman–Crippen LogP) is 7.44. The van der Waals surface area contributed by atoms with Crippen LogP contribution < -0.4 is 0 Å². The molecule has 16 nitrogen and oxygen atoms in total. The Hall–Kier alpha value is -3.68. The predicted molar refractivity (Wildman–Crippen MR) is 216 cm³/mol. The van der Waals surface area contributed by atoms with Gasteiger partial charge in [0.05, 0.1) is 0 Å². The van der Waals surface area contributed by atoms with Gasteiger partial charge in [-0.3, -0.25) is 0 Å². The Bertz CT molecular complexity index is 1160. The Balaban J connectivity index is -0.000000134. The van der Waals surface area contributed by atoms with Gasteiger partial charge in [-0.05, 0) is 26.7 Å². The molecule has 18 heteroatoms. The van der Waals surface area contributed by atoms with Crippen molar-refractivity contribution in [1.29, 1.82) is 0 Å². The molecular weight excluding hydrogens is 950 g/mol. The Labute approximate surface area is 351 Å². The van der Waals surface area contributed by atoms with Gasteiger partial charge in [0.2, 0.25) is 0 Å². The molecular formula is C38H64O16Sn2. The van der Waals surface area contributed by atoms with Crippen molar-refractivity contribution >= 4 is 90.0 Å². The van der Waals surface area contributed by atoms with Gasteiger partial charge in [0.15, 0.2) is 0 Å². The number of unbranched alkanes of at least 4 members (excludes halogenated alkanes) is 4. The van der Waals surface area contributed by atoms with E-state index in [1.165, 1.54) is 65.2 Å². The minimum absolute atomic E-state index is 0.0903. The van der Waals surface area contributed by atoms with E-state index in [-0.39, 0.29) is 77.4 Å². The van der Waals surface area contributed by atoms with E-state index in [9.17, 15) is 38.4 Å². The molecule has 4 radical (unpaired) electrons. The number of aliphatic carboxylic acids is 8. The number of carboxylic acids is 8. The molecule has 0 bridgehead atoms. The van der Waals surface area contributed by atoms with E-state index in [2.05, 4.69) is 27.7 Å². The van der Waals surface area contributed by atoms with Gasteiger partial charge < -0.3 is 40.9 Å². The molecule has 8 N–H and O–H groups in total. The molecule has 56 heavy (non-hydrogen) atoms. The van der Waals surface area contributed by atoms with Gasteiger partial charge in [-0.1, -0.05) is 13.8 Å². The first kappa shape index (κ1) is 64.2. The van der Waals surface area contributed by atoms with E-state index in [0.717, 1.165) is 0 Å². The molecule has 320 valence electrons. The minimum atomic E-state index is -1.24. The summed E-state index contributed by atoms with van der Waals surface area (Å²) < 4.78 is 6.50. The zero-order valence-corrected chi connectivity index (χ0v) is 39.8. The molecule has 0 saturated carbocycles. The third-order valence-electron chi connectivity index (χ3n) is 6.09. The average molecular weight is 1010 g/mol. The second kappa shape index (κ2) is 47.5. The SMILES string of the molecule is C/C(=C/C(=O)O)C(=O)O.C/C(=C/C(=O)O)C(=O)O.CC/C(=C/C(=O)O)C(=O)O.CC/C(=C/C(=O)O)C(=O)O.CCC[CH2][Sn][CH2]CCC.CCC[CH2][Sn][CH2]CCC. The molecule has 0 rings (SSSR count). The first-order valence-corrected chi connectivity index (χ1v) is 26.2. The molecule has 0 amide bonds. The van der Waals surface area contributed by atoms with Gasteiger partial charge in [-0.15, -0.1) is 0 Å². The van der Waals surface area contributed by atoms with Crippen LogP contribution in [0.4, 0.5) is 0 Å². The van der Waals surface area contributed by atoms with Gasteiger partial charge in [0.1, 0.15) is 0 Å². The standard InChI is InChI=1S/2C6H8O4.2C5H6O4.4C4H9.2Sn/c2*1-2-4(6(9)10)3-5(7)8;2*1-3(5(8)9)2-4(6)7;4*1-3-4-2;;/h2*3H,2H2,1H3,(H,7,8)(H,9,10);2*2H,1H3,(H,6,7)(H,8,9);4*1,3-4H2,2H3;;/b2*4-3-;2*3-2-;;;;;;. The maximum absolute atomic E-state index is 10.1. The monoisotopic (exact) mass is 1020 g/mol. The van der Waals surface area contributed by atoms with Crippen molar-refractivity contribution in [2.75, 3.05) is 0 Å². The summed E-state index contributed by atoms with van der Waals surface area (Å²) in [6.45, 7) is 14.8. The fourth-order valence-corrected chi connectivity index (χ4v) is 11.2. The van der Waals surface area contributed by atoms with Gasteiger partial charge in [0.25, 0.3) is 0 Å². The fraction of sp³-hybridized carbons (Fsp3) is 0.579. The first-order chi connectivity index (χ1) is 26.1. The number of hydrogen-bond acceptors (Lipinski definition) is 8. The summed E-state index contributed by atoms with van der Waals surface area (Å²) in [6, 6.07) is 0. The van der Waals surface area contributed by atoms with E-state index in [1.54, 1.807) is 31.6 Å². The van der Waals surface area contributed by atoms with Crippen LogP contribution in [0.5, 0.6) is 0 Å². The van der Waals surface area contributed by atoms with Crippen LogP contribution in [0.1, 0.15) is 120 Å². The summed E-state index contributed by atoms with van der Waals surface area (Å²) in [6.07, 6.45) is 14.8. The first-order valence-electron chi connectivity index (χ1n) is 18.1. The quantitative estimate of drug-likeness (QED) is 0.0297. The third-order valence-corrected chi connectivity index (χ3v) is 14.2. The molecule has 0 aromatic rings. The van der Waals surface area contributed by atoms with Crippen molar-refractivity contribution < 1.29 is 79.2 Å². The van der Waals surface area contributed by atoms with Gasteiger partial charge in [0, 0.05) is 46.6 Å². The van der Waals surface area contributed by atoms with Crippen molar-refractivity contribution in [2.45, 2.75) is 137 Å². The molecule has 0 heterocycles. The summed E-state index contributed by atoms with van der Waals surface area (Å²) in [4.78, 5) is 79.5. The van der Waals surface area contributed by atoms with Crippen LogP contribution in [0.15, 0.2) is 46.6 Å². The Kier molecular flexibility index (Phi) is 54.4. The normalized spacial score (nSPS) is 10.7. The van der Waals surface area contributed by atoms with Crippen LogP contribution >= 0.6 is 0 Å². The topological polar surface area (TPSA) is 298 Å². The average Bonchev–Trinajstić information content (AvgIpc) is 3.10. The van der Waals surface area contributed by atoms with E-state index in [0.29, 0.717) is 24.3 Å². The van der Waals surface area contributed by atoms with E-state index < -0.39 is 47.8 Å². The molecule has 0 aromatic heterocycles. The molecule has 0 fully saturated rings. The number of hydrogen-bond donors (Lipinski definition) is 8. The van der Waals surface area contributed by atoms with Gasteiger partial charge >= 0.3 is 187 Å². The Morgan fingerprint density at radius 1 is 0.375 bits per heavy atom. The van der Waals surface area contributed by atoms with Crippen LogP contribution in [0, 0.1) is 0 Å². The van der Waals surface area contributed by atoms with Crippen LogP contribution in [-0.2, 0) is 38.4 Å². The van der Waals surface area contributed by atoms with E-state index >= 15 is 0 Å². The number of carbonyl (C=O) groups is 8. The molecule has 0 atom stereocenters. The zero-order chi connectivity index (χ0) is 45.1. The Morgan fingerprint density at radius 2 is 0.589 bits per heavy atom. The summed E-state index contributed by atoms with van der Waals surface area (Å²) >= 11 is 0.299. The third kappa shape index (κ3) is 62.3. The second-order valence-electron chi connectivity index (χ2n) is 11.2. The summed E-state index contributed by atoms with van der Waals surface area (Å²) in [7, 11) is 0. The van der Waals surface area contributed by atoms with Crippen molar-refractivity contribution in [3.63, 3.8) is 0 Å². The molecule has 0 spiro atoms. The summed E-state index contributed by atoms with van der Waals surface area (Å²) in [5.41, 5.74) is -0.537. The molecule has 0 aromatic carbocycles. The molecule has 0 aliphatic rings. The summed E-state index contributed by atoms with van der Waals surface area (Å²) in [5, 5.41) is 65.0. The van der Waals surface area contributed by atoms with Crippen molar-refractivity contribution in [2.24, 2.45) is 0 Å². The van der Waals surface area contributed by atoms with Crippen molar-refractivity contribution in [1.82, 2.24) is 0 Å². The summed E-state index contributed by atoms with van der Waals surface area (Å²) in [5.74, 6) is -9.70. The van der Waals surface area contributed by atoms with Gasteiger partial charge in [-0.25, -0.2) is 38.4 Å². The van der Waals surface area contributed by atoms with Gasteiger partial charge in [-0.2, -0.15) is 0 Å². The van der Waals surface area contributed by atoms with Crippen LogP contribution in [0.3, 0.4) is 0 Å². The van der Waals surface area contributed by atoms with Crippen LogP contribution in [-0.4, -0.2) is 131 Å². The fourth-order valence-electron chi connectivity index (χ4n) is 2.88. The van der Waals surface area contributed by atoms with Crippen molar-refractivity contribution in [3.8, 4) is 0 Å². The Morgan fingerprint density at radius 3 is 0.679 bits per heavy atom. The number of rotatable bonds is 22. The molecule has 0 aliphatic carbocycles.